The van der Waals surface area contributed by atoms with E-state index in [0.29, 0.717) is 48.7 Å². The molecule has 0 aromatic heterocycles. The Hall–Kier alpha value is -2.65. The number of nitrogens with zero attached hydrogens (tertiary/aromatic N) is 1. The molecule has 1 fully saturated rings. The van der Waals surface area contributed by atoms with Crippen LogP contribution < -0.4 is 14.8 Å². The summed E-state index contributed by atoms with van der Waals surface area (Å²) in [6.07, 6.45) is 0.857. The molecule has 0 radical (unpaired) electrons. The summed E-state index contributed by atoms with van der Waals surface area (Å²) < 4.78 is 52.0. The summed E-state index contributed by atoms with van der Waals surface area (Å²) in [5.74, 6) is 0.243. The lowest BCUT2D eigenvalue weighted by atomic mass is 9.97. The van der Waals surface area contributed by atoms with E-state index in [1.165, 1.54) is 22.5 Å². The minimum atomic E-state index is -3.68. The summed E-state index contributed by atoms with van der Waals surface area (Å²) in [5, 5.41) is 2.83. The molecule has 0 saturated carbocycles. The van der Waals surface area contributed by atoms with Crippen molar-refractivity contribution < 1.29 is 27.1 Å². The predicted molar refractivity (Wildman–Crippen MR) is 112 cm³/mol. The van der Waals surface area contributed by atoms with Gasteiger partial charge in [-0.1, -0.05) is 12.1 Å². The Morgan fingerprint density at radius 1 is 1.10 bits per heavy atom. The third-order valence-electron chi connectivity index (χ3n) is 5.68. The van der Waals surface area contributed by atoms with Crippen LogP contribution in [0.4, 0.5) is 4.39 Å². The lowest BCUT2D eigenvalue weighted by molar-refractivity contribution is -0.126. The molecular formula is C22H25FN2O5S. The Bertz CT molecular complexity index is 1080. The number of ether oxygens (including phenoxy) is 2. The van der Waals surface area contributed by atoms with Crippen molar-refractivity contribution in [1.29, 1.82) is 0 Å². The van der Waals surface area contributed by atoms with Crippen molar-refractivity contribution in [2.75, 3.05) is 26.3 Å². The van der Waals surface area contributed by atoms with Crippen LogP contribution in [0, 0.1) is 18.7 Å². The second-order valence-corrected chi connectivity index (χ2v) is 9.72. The van der Waals surface area contributed by atoms with Crippen LogP contribution in [-0.4, -0.2) is 44.9 Å². The zero-order valence-electron chi connectivity index (χ0n) is 17.3. The molecule has 7 nitrogen and oxygen atoms in total. The summed E-state index contributed by atoms with van der Waals surface area (Å²) in [7, 11) is -3.68. The van der Waals surface area contributed by atoms with E-state index >= 15 is 0 Å². The van der Waals surface area contributed by atoms with Gasteiger partial charge >= 0.3 is 0 Å². The number of sulfonamides is 1. The number of hydrogen-bond donors (Lipinski definition) is 1. The van der Waals surface area contributed by atoms with Crippen LogP contribution in [0.15, 0.2) is 41.3 Å². The average molecular weight is 449 g/mol. The van der Waals surface area contributed by atoms with Gasteiger partial charge in [-0.15, -0.1) is 0 Å². The normalized spacial score (nSPS) is 17.4. The fourth-order valence-electron chi connectivity index (χ4n) is 3.77. The van der Waals surface area contributed by atoms with Gasteiger partial charge < -0.3 is 14.8 Å². The van der Waals surface area contributed by atoms with E-state index in [9.17, 15) is 17.6 Å². The quantitative estimate of drug-likeness (QED) is 0.760. The zero-order valence-corrected chi connectivity index (χ0v) is 18.1. The van der Waals surface area contributed by atoms with Gasteiger partial charge in [0.25, 0.3) is 0 Å². The van der Waals surface area contributed by atoms with Crippen molar-refractivity contribution in [3.63, 3.8) is 0 Å². The number of fused-ring (bicyclic) bond motifs is 1. The number of aryl methyl sites for hydroxylation is 1. The van der Waals surface area contributed by atoms with Crippen molar-refractivity contribution in [3.05, 3.63) is 53.3 Å². The van der Waals surface area contributed by atoms with E-state index < -0.39 is 10.0 Å². The molecule has 31 heavy (non-hydrogen) atoms. The Balaban J connectivity index is 1.34. The fourth-order valence-corrected chi connectivity index (χ4v) is 5.26. The third kappa shape index (κ3) is 4.67. The molecule has 166 valence electrons. The highest BCUT2D eigenvalue weighted by Gasteiger charge is 2.32. The van der Waals surface area contributed by atoms with Crippen LogP contribution in [-0.2, 0) is 21.4 Å². The van der Waals surface area contributed by atoms with Crippen LogP contribution in [0.5, 0.6) is 11.5 Å². The third-order valence-corrected chi connectivity index (χ3v) is 7.57. The standard InChI is InChI=1S/C22H25FN2O5S/c1-15-2-3-16(12-19(15)23)14-24-22(26)17-6-8-25(9-7-17)31(27,28)18-4-5-20-21(13-18)30-11-10-29-20/h2-5,12-13,17H,6-11,14H2,1H3,(H,24,26). The average Bonchev–Trinajstić information content (AvgIpc) is 2.79. The molecular weight excluding hydrogens is 423 g/mol. The number of halogens is 1. The first kappa shape index (κ1) is 21.6. The van der Waals surface area contributed by atoms with E-state index in [-0.39, 0.29) is 42.2 Å². The highest BCUT2D eigenvalue weighted by atomic mass is 32.2. The number of benzene rings is 2. The number of carbonyl (C=O) groups excluding carboxylic acids is 1. The molecule has 0 atom stereocenters. The van der Waals surface area contributed by atoms with Gasteiger partial charge in [0.05, 0.1) is 4.90 Å². The van der Waals surface area contributed by atoms with E-state index in [2.05, 4.69) is 5.32 Å². The van der Waals surface area contributed by atoms with Gasteiger partial charge in [0.1, 0.15) is 19.0 Å². The maximum absolute atomic E-state index is 13.7. The predicted octanol–water partition coefficient (Wildman–Crippen LogP) is 2.62. The van der Waals surface area contributed by atoms with Crippen molar-refractivity contribution in [1.82, 2.24) is 9.62 Å². The maximum Gasteiger partial charge on any atom is 0.243 e. The first-order chi connectivity index (χ1) is 14.8. The largest absolute Gasteiger partial charge is 0.486 e. The van der Waals surface area contributed by atoms with Gasteiger partial charge in [0, 0.05) is 31.6 Å². The number of rotatable bonds is 5. The second-order valence-electron chi connectivity index (χ2n) is 7.79. The van der Waals surface area contributed by atoms with Crippen LogP contribution in [0.3, 0.4) is 0 Å². The second kappa shape index (κ2) is 8.84. The van der Waals surface area contributed by atoms with E-state index in [1.807, 2.05) is 0 Å². The van der Waals surface area contributed by atoms with Gasteiger partial charge in [0.15, 0.2) is 11.5 Å². The molecule has 0 bridgehead atoms. The summed E-state index contributed by atoms with van der Waals surface area (Å²) in [5.41, 5.74) is 1.25. The van der Waals surface area contributed by atoms with E-state index in [4.69, 9.17) is 9.47 Å². The monoisotopic (exact) mass is 448 g/mol. The van der Waals surface area contributed by atoms with Crippen molar-refractivity contribution in [2.24, 2.45) is 5.92 Å². The number of hydrogen-bond acceptors (Lipinski definition) is 5. The molecule has 4 rings (SSSR count). The van der Waals surface area contributed by atoms with Crippen molar-refractivity contribution in [3.8, 4) is 11.5 Å². The van der Waals surface area contributed by atoms with E-state index in [1.54, 1.807) is 25.1 Å². The SMILES string of the molecule is Cc1ccc(CNC(=O)C2CCN(S(=O)(=O)c3ccc4c(c3)OCCO4)CC2)cc1F. The van der Waals surface area contributed by atoms with E-state index in [0.717, 1.165) is 0 Å². The summed E-state index contributed by atoms with van der Waals surface area (Å²) >= 11 is 0. The van der Waals surface area contributed by atoms with Gasteiger partial charge in [0.2, 0.25) is 15.9 Å². The van der Waals surface area contributed by atoms with Gasteiger partial charge in [-0.25, -0.2) is 12.8 Å². The van der Waals surface area contributed by atoms with Gasteiger partial charge in [-0.2, -0.15) is 4.31 Å². The van der Waals surface area contributed by atoms with Gasteiger partial charge in [-0.05, 0) is 49.1 Å². The molecule has 1 amide bonds. The van der Waals surface area contributed by atoms with Crippen molar-refractivity contribution in [2.45, 2.75) is 31.2 Å². The Kier molecular flexibility index (Phi) is 6.15. The molecule has 2 heterocycles. The minimum absolute atomic E-state index is 0.141. The van der Waals surface area contributed by atoms with Crippen LogP contribution in [0.2, 0.25) is 0 Å². The Morgan fingerprint density at radius 2 is 1.81 bits per heavy atom. The summed E-state index contributed by atoms with van der Waals surface area (Å²) in [6.45, 7) is 3.26. The highest BCUT2D eigenvalue weighted by Crippen LogP contribution is 2.34. The minimum Gasteiger partial charge on any atom is -0.486 e. The first-order valence-electron chi connectivity index (χ1n) is 10.3. The molecule has 9 heteroatoms. The molecule has 1 N–H and O–H groups in total. The highest BCUT2D eigenvalue weighted by molar-refractivity contribution is 7.89. The Morgan fingerprint density at radius 3 is 2.52 bits per heavy atom. The lowest BCUT2D eigenvalue weighted by Gasteiger charge is -2.31. The topological polar surface area (TPSA) is 84.9 Å². The zero-order chi connectivity index (χ0) is 22.0. The number of amides is 1. The van der Waals surface area contributed by atoms with Crippen LogP contribution >= 0.6 is 0 Å². The molecule has 1 saturated heterocycles. The molecule has 0 aliphatic carbocycles. The van der Waals surface area contributed by atoms with Crippen LogP contribution in [0.25, 0.3) is 0 Å². The molecule has 2 aliphatic heterocycles. The number of nitrogens with one attached hydrogen (secondary N) is 1. The lowest BCUT2D eigenvalue weighted by Crippen LogP contribution is -2.42. The molecule has 2 aromatic carbocycles. The smallest absolute Gasteiger partial charge is 0.243 e. The van der Waals surface area contributed by atoms with Gasteiger partial charge in [-0.3, -0.25) is 4.79 Å². The molecule has 2 aromatic rings. The molecule has 0 unspecified atom stereocenters. The number of piperidine rings is 1. The number of carbonyl (C=O) groups is 1. The van der Waals surface area contributed by atoms with Crippen molar-refractivity contribution >= 4 is 15.9 Å². The fraction of sp³-hybridized carbons (Fsp3) is 0.409. The Labute approximate surface area is 181 Å². The maximum atomic E-state index is 13.7. The first-order valence-corrected chi connectivity index (χ1v) is 11.7. The molecule has 0 spiro atoms. The summed E-state index contributed by atoms with van der Waals surface area (Å²) in [4.78, 5) is 12.7. The molecule has 2 aliphatic rings. The van der Waals surface area contributed by atoms with Crippen LogP contribution in [0.1, 0.15) is 24.0 Å². The summed E-state index contributed by atoms with van der Waals surface area (Å²) in [6, 6.07) is 9.48.